The standard InChI is InChI=1S/C15H18Cl2N2O2/c1-18(2)15(21)13-4-3-7-19(13)14(20)8-10-5-6-11(16)9-12(10)17/h5-6,9,13H,3-4,7-8H2,1-2H3. The van der Waals surface area contributed by atoms with Gasteiger partial charge >= 0.3 is 0 Å². The van der Waals surface area contributed by atoms with Gasteiger partial charge in [-0.25, -0.2) is 0 Å². The van der Waals surface area contributed by atoms with Gasteiger partial charge in [-0.1, -0.05) is 29.3 Å². The molecule has 1 fully saturated rings. The number of hydrogen-bond acceptors (Lipinski definition) is 2. The van der Waals surface area contributed by atoms with E-state index in [4.69, 9.17) is 23.2 Å². The van der Waals surface area contributed by atoms with Crippen LogP contribution in [0.15, 0.2) is 18.2 Å². The van der Waals surface area contributed by atoms with Crippen LogP contribution < -0.4 is 0 Å². The molecule has 21 heavy (non-hydrogen) atoms. The van der Waals surface area contributed by atoms with Crippen LogP contribution in [0.2, 0.25) is 10.0 Å². The molecule has 1 saturated heterocycles. The van der Waals surface area contributed by atoms with Gasteiger partial charge in [-0.3, -0.25) is 9.59 Å². The lowest BCUT2D eigenvalue weighted by atomic mass is 10.1. The molecular formula is C15H18Cl2N2O2. The van der Waals surface area contributed by atoms with E-state index in [1.807, 2.05) is 0 Å². The quantitative estimate of drug-likeness (QED) is 0.855. The molecule has 0 bridgehead atoms. The second kappa shape index (κ2) is 6.67. The number of carbonyl (C=O) groups is 2. The van der Waals surface area contributed by atoms with E-state index >= 15 is 0 Å². The summed E-state index contributed by atoms with van der Waals surface area (Å²) in [7, 11) is 3.42. The molecule has 1 aromatic carbocycles. The first-order valence-corrected chi connectivity index (χ1v) is 7.60. The normalized spacial score (nSPS) is 17.9. The summed E-state index contributed by atoms with van der Waals surface area (Å²) in [6, 6.07) is 4.74. The van der Waals surface area contributed by atoms with Gasteiger partial charge < -0.3 is 9.80 Å². The monoisotopic (exact) mass is 328 g/mol. The summed E-state index contributed by atoms with van der Waals surface area (Å²) in [6.45, 7) is 0.619. The second-order valence-electron chi connectivity index (χ2n) is 5.39. The Morgan fingerprint density at radius 2 is 2.05 bits per heavy atom. The topological polar surface area (TPSA) is 40.6 Å². The summed E-state index contributed by atoms with van der Waals surface area (Å²) in [5.41, 5.74) is 0.731. The number of rotatable bonds is 3. The van der Waals surface area contributed by atoms with E-state index in [1.54, 1.807) is 37.2 Å². The SMILES string of the molecule is CN(C)C(=O)C1CCCN1C(=O)Cc1ccc(Cl)cc1Cl. The van der Waals surface area contributed by atoms with E-state index in [-0.39, 0.29) is 24.3 Å². The summed E-state index contributed by atoms with van der Waals surface area (Å²) in [5.74, 6) is -0.0972. The van der Waals surface area contributed by atoms with Crippen molar-refractivity contribution in [1.82, 2.24) is 9.80 Å². The van der Waals surface area contributed by atoms with Crippen LogP contribution in [0.4, 0.5) is 0 Å². The lowest BCUT2D eigenvalue weighted by Gasteiger charge is -2.26. The number of nitrogens with zero attached hydrogens (tertiary/aromatic N) is 2. The third-order valence-corrected chi connectivity index (χ3v) is 4.24. The molecule has 1 aliphatic heterocycles. The van der Waals surface area contributed by atoms with E-state index in [9.17, 15) is 9.59 Å². The molecule has 1 aliphatic rings. The Balaban J connectivity index is 2.10. The maximum atomic E-state index is 12.5. The zero-order valence-electron chi connectivity index (χ0n) is 12.1. The maximum Gasteiger partial charge on any atom is 0.244 e. The summed E-state index contributed by atoms with van der Waals surface area (Å²) in [4.78, 5) is 27.8. The van der Waals surface area contributed by atoms with E-state index in [2.05, 4.69) is 0 Å². The predicted octanol–water partition coefficient (Wildman–Crippen LogP) is 2.62. The van der Waals surface area contributed by atoms with Crippen LogP contribution in [0.1, 0.15) is 18.4 Å². The first kappa shape index (κ1) is 16.1. The third kappa shape index (κ3) is 3.69. The van der Waals surface area contributed by atoms with Crippen molar-refractivity contribution in [2.45, 2.75) is 25.3 Å². The van der Waals surface area contributed by atoms with Crippen molar-refractivity contribution >= 4 is 35.0 Å². The molecule has 0 spiro atoms. The van der Waals surface area contributed by atoms with Crippen LogP contribution in [0.5, 0.6) is 0 Å². The molecular weight excluding hydrogens is 311 g/mol. The minimum Gasteiger partial charge on any atom is -0.347 e. The molecule has 0 N–H and O–H groups in total. The number of hydrogen-bond donors (Lipinski definition) is 0. The number of likely N-dealkylation sites (tertiary alicyclic amines) is 1. The highest BCUT2D eigenvalue weighted by atomic mass is 35.5. The van der Waals surface area contributed by atoms with Gasteiger partial charge in [0.15, 0.2) is 0 Å². The number of halogens is 2. The molecule has 6 heteroatoms. The highest BCUT2D eigenvalue weighted by Gasteiger charge is 2.34. The molecule has 2 amide bonds. The lowest BCUT2D eigenvalue weighted by Crippen LogP contribution is -2.46. The van der Waals surface area contributed by atoms with Crippen molar-refractivity contribution in [3.8, 4) is 0 Å². The Morgan fingerprint density at radius 3 is 2.67 bits per heavy atom. The van der Waals surface area contributed by atoms with E-state index < -0.39 is 0 Å². The number of carbonyl (C=O) groups excluding carboxylic acids is 2. The van der Waals surface area contributed by atoms with Crippen LogP contribution in [0.3, 0.4) is 0 Å². The van der Waals surface area contributed by atoms with Gasteiger partial charge in [-0.05, 0) is 30.5 Å². The molecule has 2 rings (SSSR count). The molecule has 0 radical (unpaired) electrons. The summed E-state index contributed by atoms with van der Waals surface area (Å²) < 4.78 is 0. The van der Waals surface area contributed by atoms with Gasteiger partial charge in [0.1, 0.15) is 6.04 Å². The van der Waals surface area contributed by atoms with Crippen molar-refractivity contribution in [2.24, 2.45) is 0 Å². The van der Waals surface area contributed by atoms with Crippen molar-refractivity contribution < 1.29 is 9.59 Å². The highest BCUT2D eigenvalue weighted by Crippen LogP contribution is 2.24. The van der Waals surface area contributed by atoms with Crippen LogP contribution >= 0.6 is 23.2 Å². The minimum absolute atomic E-state index is 0.0250. The zero-order chi connectivity index (χ0) is 15.6. The number of benzene rings is 1. The smallest absolute Gasteiger partial charge is 0.244 e. The molecule has 1 heterocycles. The third-order valence-electron chi connectivity index (χ3n) is 3.66. The average molecular weight is 329 g/mol. The maximum absolute atomic E-state index is 12.5. The fourth-order valence-electron chi connectivity index (χ4n) is 2.55. The first-order chi connectivity index (χ1) is 9.90. The van der Waals surface area contributed by atoms with Crippen molar-refractivity contribution in [2.75, 3.05) is 20.6 Å². The largest absolute Gasteiger partial charge is 0.347 e. The molecule has 4 nitrogen and oxygen atoms in total. The Bertz CT molecular complexity index is 561. The van der Waals surface area contributed by atoms with E-state index in [0.29, 0.717) is 16.6 Å². The van der Waals surface area contributed by atoms with Crippen LogP contribution in [0, 0.1) is 0 Å². The fraction of sp³-hybridized carbons (Fsp3) is 0.467. The summed E-state index contributed by atoms with van der Waals surface area (Å²) in [5, 5.41) is 1.02. The van der Waals surface area contributed by atoms with Crippen molar-refractivity contribution in [3.05, 3.63) is 33.8 Å². The fourth-order valence-corrected chi connectivity index (χ4v) is 3.02. The van der Waals surface area contributed by atoms with Gasteiger partial charge in [0, 0.05) is 30.7 Å². The van der Waals surface area contributed by atoms with Crippen LogP contribution in [0.25, 0.3) is 0 Å². The molecule has 0 aromatic heterocycles. The Kier molecular flexibility index (Phi) is 5.12. The average Bonchev–Trinajstić information content (AvgIpc) is 2.90. The van der Waals surface area contributed by atoms with Crippen molar-refractivity contribution in [3.63, 3.8) is 0 Å². The molecule has 1 atom stereocenters. The van der Waals surface area contributed by atoms with Gasteiger partial charge in [-0.15, -0.1) is 0 Å². The molecule has 0 aliphatic carbocycles. The summed E-state index contributed by atoms with van der Waals surface area (Å²) >= 11 is 11.9. The van der Waals surface area contributed by atoms with E-state index in [1.165, 1.54) is 4.90 Å². The molecule has 114 valence electrons. The lowest BCUT2D eigenvalue weighted by molar-refractivity contribution is -0.141. The van der Waals surface area contributed by atoms with Gasteiger partial charge in [0.25, 0.3) is 0 Å². The first-order valence-electron chi connectivity index (χ1n) is 6.84. The van der Waals surface area contributed by atoms with Crippen molar-refractivity contribution in [1.29, 1.82) is 0 Å². The number of likely N-dealkylation sites (N-methyl/N-ethyl adjacent to an activating group) is 1. The minimum atomic E-state index is -0.349. The second-order valence-corrected chi connectivity index (χ2v) is 6.23. The molecule has 1 aromatic rings. The van der Waals surface area contributed by atoms with Gasteiger partial charge in [-0.2, -0.15) is 0 Å². The Hall–Kier alpha value is -1.26. The number of amides is 2. The molecule has 0 saturated carbocycles. The molecule has 1 unspecified atom stereocenters. The Labute approximate surface area is 134 Å². The highest BCUT2D eigenvalue weighted by molar-refractivity contribution is 6.35. The van der Waals surface area contributed by atoms with E-state index in [0.717, 1.165) is 18.4 Å². The van der Waals surface area contributed by atoms with Gasteiger partial charge in [0.05, 0.1) is 6.42 Å². The Morgan fingerprint density at radius 1 is 1.33 bits per heavy atom. The van der Waals surface area contributed by atoms with Gasteiger partial charge in [0.2, 0.25) is 11.8 Å². The zero-order valence-corrected chi connectivity index (χ0v) is 13.6. The summed E-state index contributed by atoms with van der Waals surface area (Å²) in [6.07, 6.45) is 1.76. The van der Waals surface area contributed by atoms with Crippen LogP contribution in [-0.4, -0.2) is 48.3 Å². The van der Waals surface area contributed by atoms with Crippen LogP contribution in [-0.2, 0) is 16.0 Å². The predicted molar refractivity (Wildman–Crippen MR) is 83.6 cm³/mol.